The minimum atomic E-state index is -0.427. The second-order valence-electron chi connectivity index (χ2n) is 4.70. The number of nitrogens with zero attached hydrogens (tertiary/aromatic N) is 1. The maximum absolute atomic E-state index is 10.6. The Morgan fingerprint density at radius 2 is 1.94 bits per heavy atom. The molecule has 17 heavy (non-hydrogen) atoms. The van der Waals surface area contributed by atoms with Gasteiger partial charge in [0.15, 0.2) is 0 Å². The van der Waals surface area contributed by atoms with E-state index in [0.717, 1.165) is 37.8 Å². The van der Waals surface area contributed by atoms with Crippen molar-refractivity contribution in [3.05, 3.63) is 35.9 Å². The van der Waals surface area contributed by atoms with E-state index in [0.29, 0.717) is 6.54 Å². The Kier molecular flexibility index (Phi) is 4.29. The summed E-state index contributed by atoms with van der Waals surface area (Å²) in [5.74, 6) is 0.222. The first-order valence-corrected chi connectivity index (χ1v) is 6.20. The van der Waals surface area contributed by atoms with Crippen LogP contribution in [-0.4, -0.2) is 35.9 Å². The molecule has 1 saturated heterocycles. The van der Waals surface area contributed by atoms with E-state index in [9.17, 15) is 9.90 Å². The van der Waals surface area contributed by atoms with Crippen LogP contribution in [0, 0.1) is 5.92 Å². The predicted molar refractivity (Wildman–Crippen MR) is 66.6 cm³/mol. The molecule has 1 aliphatic heterocycles. The third-order valence-electron chi connectivity index (χ3n) is 3.44. The summed E-state index contributed by atoms with van der Waals surface area (Å²) in [7, 11) is 0. The first-order valence-electron chi connectivity index (χ1n) is 6.20. The fourth-order valence-electron chi connectivity index (χ4n) is 2.30. The van der Waals surface area contributed by atoms with Gasteiger partial charge in [-0.1, -0.05) is 30.3 Å². The molecule has 1 aliphatic rings. The van der Waals surface area contributed by atoms with Gasteiger partial charge in [0, 0.05) is 12.5 Å². The summed E-state index contributed by atoms with van der Waals surface area (Å²) in [6.45, 7) is 2.48. The molecule has 1 aromatic rings. The van der Waals surface area contributed by atoms with Crippen LogP contribution < -0.4 is 0 Å². The zero-order valence-electron chi connectivity index (χ0n) is 9.96. The van der Waals surface area contributed by atoms with Gasteiger partial charge in [0.05, 0.1) is 6.10 Å². The van der Waals surface area contributed by atoms with Crippen molar-refractivity contribution in [2.45, 2.75) is 18.9 Å². The summed E-state index contributed by atoms with van der Waals surface area (Å²) >= 11 is 0. The van der Waals surface area contributed by atoms with Crippen LogP contribution in [-0.2, 0) is 4.79 Å². The third kappa shape index (κ3) is 3.38. The zero-order chi connectivity index (χ0) is 12.1. The number of aliphatic hydroxyl groups is 1. The van der Waals surface area contributed by atoms with E-state index in [1.165, 1.54) is 0 Å². The average Bonchev–Trinajstić information content (AvgIpc) is 2.40. The molecule has 0 spiro atoms. The van der Waals surface area contributed by atoms with Crippen LogP contribution in [0.5, 0.6) is 0 Å². The number of carbonyl (C=O) groups is 1. The lowest BCUT2D eigenvalue weighted by Gasteiger charge is -2.31. The topological polar surface area (TPSA) is 40.5 Å². The number of rotatable bonds is 4. The van der Waals surface area contributed by atoms with Gasteiger partial charge in [-0.15, -0.1) is 0 Å². The highest BCUT2D eigenvalue weighted by Gasteiger charge is 2.20. The first-order chi connectivity index (χ1) is 8.29. The van der Waals surface area contributed by atoms with Crippen LogP contribution in [0.4, 0.5) is 0 Å². The van der Waals surface area contributed by atoms with E-state index in [2.05, 4.69) is 4.90 Å². The number of likely N-dealkylation sites (tertiary alicyclic amines) is 1. The molecule has 1 heterocycles. The van der Waals surface area contributed by atoms with Crippen molar-refractivity contribution in [2.75, 3.05) is 19.6 Å². The molecule has 92 valence electrons. The fourth-order valence-corrected chi connectivity index (χ4v) is 2.30. The van der Waals surface area contributed by atoms with E-state index in [-0.39, 0.29) is 5.92 Å². The zero-order valence-corrected chi connectivity index (χ0v) is 9.96. The monoisotopic (exact) mass is 233 g/mol. The summed E-state index contributed by atoms with van der Waals surface area (Å²) in [5.41, 5.74) is 0.963. The van der Waals surface area contributed by atoms with Crippen LogP contribution in [0.15, 0.2) is 30.3 Å². The normalized spacial score (nSPS) is 20.1. The molecule has 3 heteroatoms. The Morgan fingerprint density at radius 3 is 2.53 bits per heavy atom. The number of hydrogen-bond acceptors (Lipinski definition) is 3. The molecule has 1 aromatic carbocycles. The summed E-state index contributed by atoms with van der Waals surface area (Å²) < 4.78 is 0. The van der Waals surface area contributed by atoms with Gasteiger partial charge in [-0.3, -0.25) is 0 Å². The van der Waals surface area contributed by atoms with Crippen LogP contribution in [0.3, 0.4) is 0 Å². The molecular weight excluding hydrogens is 214 g/mol. The number of hydrogen-bond donors (Lipinski definition) is 1. The lowest BCUT2D eigenvalue weighted by atomic mass is 9.98. The number of piperidine rings is 1. The van der Waals surface area contributed by atoms with Crippen LogP contribution in [0.2, 0.25) is 0 Å². The number of β-amino-alcohol motifs (C(OH)–C–C–N with tert-alkyl or cyclic N) is 1. The minimum Gasteiger partial charge on any atom is -0.387 e. The van der Waals surface area contributed by atoms with Gasteiger partial charge in [0.25, 0.3) is 0 Å². The molecule has 0 aliphatic carbocycles. The second kappa shape index (κ2) is 5.94. The highest BCUT2D eigenvalue weighted by atomic mass is 16.3. The number of benzene rings is 1. The molecular formula is C14H19NO2. The third-order valence-corrected chi connectivity index (χ3v) is 3.44. The van der Waals surface area contributed by atoms with Crippen molar-refractivity contribution in [3.63, 3.8) is 0 Å². The summed E-state index contributed by atoms with van der Waals surface area (Å²) in [6.07, 6.45) is 2.48. The Balaban J connectivity index is 1.84. The van der Waals surface area contributed by atoms with Crippen molar-refractivity contribution in [3.8, 4) is 0 Å². The van der Waals surface area contributed by atoms with Crippen molar-refractivity contribution >= 4 is 6.29 Å². The molecule has 0 radical (unpaired) electrons. The highest BCUT2D eigenvalue weighted by Crippen LogP contribution is 2.19. The predicted octanol–water partition coefficient (Wildman–Crippen LogP) is 1.63. The Morgan fingerprint density at radius 1 is 1.29 bits per heavy atom. The Bertz CT molecular complexity index is 344. The SMILES string of the molecule is O=CC1CCN(CC(O)c2ccccc2)CC1. The van der Waals surface area contributed by atoms with Crippen molar-refractivity contribution in [1.29, 1.82) is 0 Å². The van der Waals surface area contributed by atoms with Crippen molar-refractivity contribution < 1.29 is 9.90 Å². The van der Waals surface area contributed by atoms with Crippen LogP contribution >= 0.6 is 0 Å². The summed E-state index contributed by atoms with van der Waals surface area (Å²) in [6, 6.07) is 9.73. The summed E-state index contributed by atoms with van der Waals surface area (Å²) in [5, 5.41) is 10.1. The largest absolute Gasteiger partial charge is 0.387 e. The second-order valence-corrected chi connectivity index (χ2v) is 4.70. The van der Waals surface area contributed by atoms with Crippen molar-refractivity contribution in [1.82, 2.24) is 4.90 Å². The van der Waals surface area contributed by atoms with Gasteiger partial charge in [0.1, 0.15) is 6.29 Å². The van der Waals surface area contributed by atoms with E-state index < -0.39 is 6.10 Å². The van der Waals surface area contributed by atoms with Gasteiger partial charge >= 0.3 is 0 Å². The molecule has 1 fully saturated rings. The fraction of sp³-hybridized carbons (Fsp3) is 0.500. The highest BCUT2D eigenvalue weighted by molar-refractivity contribution is 5.53. The van der Waals surface area contributed by atoms with Crippen molar-refractivity contribution in [2.24, 2.45) is 5.92 Å². The molecule has 0 aromatic heterocycles. The van der Waals surface area contributed by atoms with Gasteiger partial charge in [-0.2, -0.15) is 0 Å². The maximum atomic E-state index is 10.6. The van der Waals surface area contributed by atoms with E-state index >= 15 is 0 Å². The van der Waals surface area contributed by atoms with E-state index in [4.69, 9.17) is 0 Å². The van der Waals surface area contributed by atoms with Gasteiger partial charge in [-0.05, 0) is 31.5 Å². The molecule has 1 atom stereocenters. The Hall–Kier alpha value is -1.19. The molecule has 2 rings (SSSR count). The molecule has 0 bridgehead atoms. The molecule has 1 unspecified atom stereocenters. The molecule has 0 amide bonds. The van der Waals surface area contributed by atoms with E-state index in [1.54, 1.807) is 0 Å². The maximum Gasteiger partial charge on any atom is 0.123 e. The minimum absolute atomic E-state index is 0.222. The summed E-state index contributed by atoms with van der Waals surface area (Å²) in [4.78, 5) is 12.9. The molecule has 1 N–H and O–H groups in total. The number of aliphatic hydroxyl groups excluding tert-OH is 1. The quantitative estimate of drug-likeness (QED) is 0.804. The van der Waals surface area contributed by atoms with E-state index in [1.807, 2.05) is 30.3 Å². The standard InChI is InChI=1S/C14H19NO2/c16-11-12-6-8-15(9-7-12)10-14(17)13-4-2-1-3-5-13/h1-5,11-12,14,17H,6-10H2. The lowest BCUT2D eigenvalue weighted by Crippen LogP contribution is -2.36. The molecule has 0 saturated carbocycles. The van der Waals surface area contributed by atoms with Gasteiger partial charge in [0.2, 0.25) is 0 Å². The first kappa shape index (κ1) is 12.3. The van der Waals surface area contributed by atoms with Crippen LogP contribution in [0.1, 0.15) is 24.5 Å². The molecule has 3 nitrogen and oxygen atoms in total. The van der Waals surface area contributed by atoms with Crippen LogP contribution in [0.25, 0.3) is 0 Å². The van der Waals surface area contributed by atoms with Gasteiger partial charge in [-0.25, -0.2) is 0 Å². The smallest absolute Gasteiger partial charge is 0.123 e. The number of carbonyl (C=O) groups excluding carboxylic acids is 1. The van der Waals surface area contributed by atoms with Gasteiger partial charge < -0.3 is 14.8 Å². The lowest BCUT2D eigenvalue weighted by molar-refractivity contribution is -0.112. The average molecular weight is 233 g/mol. The number of aldehydes is 1. The Labute approximate surface area is 102 Å².